The molecule has 0 saturated carbocycles. The molecule has 0 bridgehead atoms. The number of amides is 1. The van der Waals surface area contributed by atoms with Crippen molar-refractivity contribution < 1.29 is 9.90 Å². The number of rotatable bonds is 3. The van der Waals surface area contributed by atoms with Crippen LogP contribution in [0.4, 0.5) is 0 Å². The summed E-state index contributed by atoms with van der Waals surface area (Å²) in [5.74, 6) is -0.00680. The van der Waals surface area contributed by atoms with E-state index in [2.05, 4.69) is 15.5 Å². The summed E-state index contributed by atoms with van der Waals surface area (Å²) in [6, 6.07) is 7.66. The fourth-order valence-electron chi connectivity index (χ4n) is 3.04. The van der Waals surface area contributed by atoms with E-state index in [9.17, 15) is 9.90 Å². The zero-order valence-corrected chi connectivity index (χ0v) is 11.5. The Morgan fingerprint density at radius 2 is 2.10 bits per heavy atom. The Kier molecular flexibility index (Phi) is 4.00. The maximum atomic E-state index is 12.1. The zero-order chi connectivity index (χ0) is 13.9. The van der Waals surface area contributed by atoms with Gasteiger partial charge in [-0.15, -0.1) is 0 Å². The summed E-state index contributed by atoms with van der Waals surface area (Å²) in [7, 11) is 0. The van der Waals surface area contributed by atoms with Crippen LogP contribution in [0.1, 0.15) is 17.2 Å². The van der Waals surface area contributed by atoms with Gasteiger partial charge in [0.1, 0.15) is 0 Å². The number of carbonyl (C=O) groups excluding carboxylic acids is 1. The standard InChI is InChI=1S/C15H21N3O2/c19-13-9-11-3-1-2-4-12(11)15(13)17-14(20)10-18-7-5-16-6-8-18/h1-4,13,15-16,19H,5-10H2,(H,17,20)/t13-,15+/m1/s1. The third-order valence-electron chi connectivity index (χ3n) is 4.10. The van der Waals surface area contributed by atoms with E-state index in [0.29, 0.717) is 13.0 Å². The first-order chi connectivity index (χ1) is 9.74. The molecule has 2 atom stereocenters. The second kappa shape index (κ2) is 5.91. The van der Waals surface area contributed by atoms with Crippen LogP contribution in [0.3, 0.4) is 0 Å². The SMILES string of the molecule is O=C(CN1CCNCC1)N[C@H]1c2ccccc2C[C@H]1O. The molecule has 1 saturated heterocycles. The van der Waals surface area contributed by atoms with Crippen molar-refractivity contribution in [3.8, 4) is 0 Å². The van der Waals surface area contributed by atoms with E-state index < -0.39 is 6.10 Å². The Hall–Kier alpha value is -1.43. The molecular weight excluding hydrogens is 254 g/mol. The molecule has 1 heterocycles. The fourth-order valence-corrected chi connectivity index (χ4v) is 3.04. The number of carbonyl (C=O) groups is 1. The second-order valence-corrected chi connectivity index (χ2v) is 5.54. The zero-order valence-electron chi connectivity index (χ0n) is 11.5. The van der Waals surface area contributed by atoms with Gasteiger partial charge in [0.2, 0.25) is 5.91 Å². The lowest BCUT2D eigenvalue weighted by Gasteiger charge is -2.27. The van der Waals surface area contributed by atoms with Crippen molar-refractivity contribution in [3.63, 3.8) is 0 Å². The number of benzene rings is 1. The van der Waals surface area contributed by atoms with Crippen molar-refractivity contribution in [1.29, 1.82) is 0 Å². The Morgan fingerprint density at radius 1 is 1.35 bits per heavy atom. The first-order valence-corrected chi connectivity index (χ1v) is 7.22. The highest BCUT2D eigenvalue weighted by atomic mass is 16.3. The average Bonchev–Trinajstić information content (AvgIpc) is 2.76. The van der Waals surface area contributed by atoms with E-state index >= 15 is 0 Å². The second-order valence-electron chi connectivity index (χ2n) is 5.54. The van der Waals surface area contributed by atoms with Gasteiger partial charge in [0.15, 0.2) is 0 Å². The summed E-state index contributed by atoms with van der Waals surface area (Å²) < 4.78 is 0. The van der Waals surface area contributed by atoms with Gasteiger partial charge >= 0.3 is 0 Å². The highest BCUT2D eigenvalue weighted by molar-refractivity contribution is 5.78. The van der Waals surface area contributed by atoms with Gasteiger partial charge in [-0.25, -0.2) is 0 Å². The Bertz CT molecular complexity index is 486. The molecule has 1 aliphatic heterocycles. The summed E-state index contributed by atoms with van der Waals surface area (Å²) in [5.41, 5.74) is 2.18. The molecule has 1 aromatic rings. The lowest BCUT2D eigenvalue weighted by molar-refractivity contribution is -0.123. The molecule has 3 rings (SSSR count). The molecule has 0 aromatic heterocycles. The predicted molar refractivity (Wildman–Crippen MR) is 76.3 cm³/mol. The van der Waals surface area contributed by atoms with Gasteiger partial charge in [-0.1, -0.05) is 24.3 Å². The molecule has 1 aromatic carbocycles. The first-order valence-electron chi connectivity index (χ1n) is 7.22. The van der Waals surface area contributed by atoms with Crippen LogP contribution < -0.4 is 10.6 Å². The van der Waals surface area contributed by atoms with E-state index in [0.717, 1.165) is 37.3 Å². The number of aliphatic hydroxyl groups is 1. The van der Waals surface area contributed by atoms with Gasteiger partial charge in [-0.2, -0.15) is 0 Å². The van der Waals surface area contributed by atoms with Crippen LogP contribution in [0.15, 0.2) is 24.3 Å². The van der Waals surface area contributed by atoms with Crippen LogP contribution in [-0.2, 0) is 11.2 Å². The molecule has 1 aliphatic carbocycles. The quantitative estimate of drug-likeness (QED) is 0.706. The molecule has 1 amide bonds. The minimum atomic E-state index is -0.514. The van der Waals surface area contributed by atoms with Crippen LogP contribution >= 0.6 is 0 Å². The number of nitrogens with one attached hydrogen (secondary N) is 2. The number of hydrogen-bond donors (Lipinski definition) is 3. The van der Waals surface area contributed by atoms with Gasteiger partial charge in [0.05, 0.1) is 18.7 Å². The predicted octanol–water partition coefficient (Wildman–Crippen LogP) is -0.334. The number of fused-ring (bicyclic) bond motifs is 1. The fraction of sp³-hybridized carbons (Fsp3) is 0.533. The number of nitrogens with zero attached hydrogens (tertiary/aromatic N) is 1. The lowest BCUT2D eigenvalue weighted by atomic mass is 10.1. The highest BCUT2D eigenvalue weighted by Crippen LogP contribution is 2.31. The lowest BCUT2D eigenvalue weighted by Crippen LogP contribution is -2.48. The maximum absolute atomic E-state index is 12.1. The van der Waals surface area contributed by atoms with Gasteiger partial charge in [-0.3, -0.25) is 9.69 Å². The molecule has 0 radical (unpaired) electrons. The molecule has 3 N–H and O–H groups in total. The third-order valence-corrected chi connectivity index (χ3v) is 4.10. The summed E-state index contributed by atoms with van der Waals surface area (Å²) in [5, 5.41) is 16.4. The highest BCUT2D eigenvalue weighted by Gasteiger charge is 2.32. The molecule has 108 valence electrons. The van der Waals surface area contributed by atoms with E-state index in [1.165, 1.54) is 0 Å². The summed E-state index contributed by atoms with van der Waals surface area (Å²) in [4.78, 5) is 14.3. The van der Waals surface area contributed by atoms with E-state index in [1.54, 1.807) is 0 Å². The van der Waals surface area contributed by atoms with Gasteiger partial charge in [-0.05, 0) is 11.1 Å². The number of piperazine rings is 1. The maximum Gasteiger partial charge on any atom is 0.234 e. The minimum absolute atomic E-state index is 0.00680. The van der Waals surface area contributed by atoms with Crippen LogP contribution in [0.25, 0.3) is 0 Å². The van der Waals surface area contributed by atoms with Crippen LogP contribution in [0.2, 0.25) is 0 Å². The molecule has 0 spiro atoms. The van der Waals surface area contributed by atoms with Crippen molar-refractivity contribution in [2.75, 3.05) is 32.7 Å². The van der Waals surface area contributed by atoms with Gasteiger partial charge in [0, 0.05) is 32.6 Å². The molecule has 20 heavy (non-hydrogen) atoms. The number of aliphatic hydroxyl groups excluding tert-OH is 1. The molecule has 2 aliphatic rings. The van der Waals surface area contributed by atoms with Crippen molar-refractivity contribution >= 4 is 5.91 Å². The van der Waals surface area contributed by atoms with Crippen molar-refractivity contribution in [2.24, 2.45) is 0 Å². The molecule has 1 fully saturated rings. The van der Waals surface area contributed by atoms with Crippen LogP contribution in [0, 0.1) is 0 Å². The molecular formula is C15H21N3O2. The van der Waals surface area contributed by atoms with Crippen molar-refractivity contribution in [3.05, 3.63) is 35.4 Å². The van der Waals surface area contributed by atoms with Crippen LogP contribution in [-0.4, -0.2) is 54.7 Å². The largest absolute Gasteiger partial charge is 0.390 e. The Labute approximate surface area is 119 Å². The smallest absolute Gasteiger partial charge is 0.234 e. The summed E-state index contributed by atoms with van der Waals surface area (Å²) >= 11 is 0. The minimum Gasteiger partial charge on any atom is -0.390 e. The van der Waals surface area contributed by atoms with E-state index in [1.807, 2.05) is 24.3 Å². The van der Waals surface area contributed by atoms with Crippen molar-refractivity contribution in [2.45, 2.75) is 18.6 Å². The van der Waals surface area contributed by atoms with Gasteiger partial charge < -0.3 is 15.7 Å². The molecule has 0 unspecified atom stereocenters. The first kappa shape index (κ1) is 13.5. The topological polar surface area (TPSA) is 64.6 Å². The summed E-state index contributed by atoms with van der Waals surface area (Å²) in [6.07, 6.45) is 0.105. The van der Waals surface area contributed by atoms with Crippen molar-refractivity contribution in [1.82, 2.24) is 15.5 Å². The van der Waals surface area contributed by atoms with Gasteiger partial charge in [0.25, 0.3) is 0 Å². The Balaban J connectivity index is 1.61. The van der Waals surface area contributed by atoms with E-state index in [4.69, 9.17) is 0 Å². The number of hydrogen-bond acceptors (Lipinski definition) is 4. The molecule has 5 heteroatoms. The molecule has 5 nitrogen and oxygen atoms in total. The summed E-state index contributed by atoms with van der Waals surface area (Å²) in [6.45, 7) is 4.08. The van der Waals surface area contributed by atoms with Crippen LogP contribution in [0.5, 0.6) is 0 Å². The van der Waals surface area contributed by atoms with E-state index in [-0.39, 0.29) is 11.9 Å². The normalized spacial score (nSPS) is 26.2. The third kappa shape index (κ3) is 2.85. The Morgan fingerprint density at radius 3 is 2.90 bits per heavy atom. The average molecular weight is 275 g/mol. The monoisotopic (exact) mass is 275 g/mol.